The number of urea groups is 1. The molecule has 11 heteroatoms. The number of hydrogen-bond acceptors (Lipinski definition) is 5. The number of carbonyl (C=O) groups excluding carboxylic acids is 1. The van der Waals surface area contributed by atoms with Crippen molar-refractivity contribution in [2.75, 3.05) is 36.4 Å². The van der Waals surface area contributed by atoms with Gasteiger partial charge in [0, 0.05) is 38.6 Å². The Morgan fingerprint density at radius 3 is 2.62 bits per heavy atom. The Labute approximate surface area is 134 Å². The number of nitrogens with zero attached hydrogens (tertiary/aromatic N) is 5. The quantitative estimate of drug-likeness (QED) is 0.865. The van der Waals surface area contributed by atoms with E-state index in [1.165, 1.54) is 6.20 Å². The average molecular weight is 341 g/mol. The summed E-state index contributed by atoms with van der Waals surface area (Å²) in [6.45, 7) is 1.40. The lowest BCUT2D eigenvalue weighted by Crippen LogP contribution is -2.50. The highest BCUT2D eigenvalue weighted by Crippen LogP contribution is 2.28. The number of piperazine rings is 1. The van der Waals surface area contributed by atoms with E-state index >= 15 is 0 Å². The summed E-state index contributed by atoms with van der Waals surface area (Å²) < 4.78 is 38.1. The molecule has 1 fully saturated rings. The van der Waals surface area contributed by atoms with E-state index in [1.54, 1.807) is 16.0 Å². The molecule has 8 nitrogen and oxygen atoms in total. The van der Waals surface area contributed by atoms with Crippen LogP contribution in [0.15, 0.2) is 24.7 Å². The minimum Gasteiger partial charge on any atom is -0.337 e. The lowest BCUT2D eigenvalue weighted by molar-refractivity contribution is -0.141. The third-order valence-electron chi connectivity index (χ3n) is 3.53. The molecular weight excluding hydrogens is 327 g/mol. The second-order valence-corrected chi connectivity index (χ2v) is 5.13. The zero-order valence-corrected chi connectivity index (χ0v) is 12.4. The highest BCUT2D eigenvalue weighted by Gasteiger charge is 2.33. The molecule has 0 radical (unpaired) electrons. The van der Waals surface area contributed by atoms with Gasteiger partial charge in [0.25, 0.3) is 0 Å². The van der Waals surface area contributed by atoms with Crippen LogP contribution < -0.4 is 10.2 Å². The molecule has 2 N–H and O–H groups in total. The van der Waals surface area contributed by atoms with Crippen molar-refractivity contribution in [2.45, 2.75) is 6.18 Å². The summed E-state index contributed by atoms with van der Waals surface area (Å²) in [7, 11) is 0. The molecule has 2 amide bonds. The maximum absolute atomic E-state index is 12.7. The number of hydrogen-bond donors (Lipinski definition) is 2. The van der Waals surface area contributed by atoms with Gasteiger partial charge in [0.2, 0.25) is 5.95 Å². The van der Waals surface area contributed by atoms with Gasteiger partial charge in [-0.1, -0.05) is 0 Å². The van der Waals surface area contributed by atoms with Gasteiger partial charge >= 0.3 is 12.2 Å². The third kappa shape index (κ3) is 3.55. The number of aromatic amines is 1. The Bertz CT molecular complexity index is 696. The fourth-order valence-corrected chi connectivity index (χ4v) is 2.29. The lowest BCUT2D eigenvalue weighted by Gasteiger charge is -2.34. The molecule has 2 aromatic rings. The van der Waals surface area contributed by atoms with Gasteiger partial charge in [-0.3, -0.25) is 5.10 Å². The molecule has 0 spiro atoms. The molecule has 24 heavy (non-hydrogen) atoms. The number of aromatic nitrogens is 4. The molecule has 128 valence electrons. The van der Waals surface area contributed by atoms with E-state index in [0.29, 0.717) is 31.9 Å². The van der Waals surface area contributed by atoms with Crippen LogP contribution in [0.1, 0.15) is 5.69 Å². The SMILES string of the molecule is O=C(Nc1cn[nH]c1)N1CCN(c2nccc(C(F)(F)F)n2)CC1. The van der Waals surface area contributed by atoms with Crippen molar-refractivity contribution >= 4 is 17.7 Å². The third-order valence-corrected chi connectivity index (χ3v) is 3.53. The van der Waals surface area contributed by atoms with Crippen molar-refractivity contribution in [1.82, 2.24) is 25.1 Å². The number of amides is 2. The van der Waals surface area contributed by atoms with Crippen LogP contribution in [0, 0.1) is 0 Å². The number of rotatable bonds is 2. The molecule has 0 unspecified atom stereocenters. The van der Waals surface area contributed by atoms with Gasteiger partial charge in [-0.2, -0.15) is 18.3 Å². The zero-order chi connectivity index (χ0) is 17.2. The Morgan fingerprint density at radius 1 is 1.25 bits per heavy atom. The summed E-state index contributed by atoms with van der Waals surface area (Å²) >= 11 is 0. The Balaban J connectivity index is 1.60. The first-order valence-corrected chi connectivity index (χ1v) is 7.13. The van der Waals surface area contributed by atoms with Gasteiger partial charge in [0.15, 0.2) is 0 Å². The van der Waals surface area contributed by atoms with Crippen LogP contribution >= 0.6 is 0 Å². The summed E-state index contributed by atoms with van der Waals surface area (Å²) in [6.07, 6.45) is -0.400. The maximum Gasteiger partial charge on any atom is 0.433 e. The van der Waals surface area contributed by atoms with Crippen LogP contribution in [0.2, 0.25) is 0 Å². The molecule has 1 aliphatic rings. The summed E-state index contributed by atoms with van der Waals surface area (Å²) in [5, 5.41) is 8.98. The Hall–Kier alpha value is -2.85. The Morgan fingerprint density at radius 2 is 2.00 bits per heavy atom. The topological polar surface area (TPSA) is 90.0 Å². The molecule has 3 rings (SSSR count). The van der Waals surface area contributed by atoms with Gasteiger partial charge < -0.3 is 15.1 Å². The molecule has 1 aliphatic heterocycles. The molecule has 3 heterocycles. The van der Waals surface area contributed by atoms with E-state index in [1.807, 2.05) is 0 Å². The van der Waals surface area contributed by atoms with E-state index in [2.05, 4.69) is 25.5 Å². The Kier molecular flexibility index (Phi) is 4.23. The van der Waals surface area contributed by atoms with Crippen molar-refractivity contribution < 1.29 is 18.0 Å². The summed E-state index contributed by atoms with van der Waals surface area (Å²) in [4.78, 5) is 22.7. The highest BCUT2D eigenvalue weighted by atomic mass is 19.4. The maximum atomic E-state index is 12.7. The van der Waals surface area contributed by atoms with Crippen molar-refractivity contribution in [3.05, 3.63) is 30.4 Å². The zero-order valence-electron chi connectivity index (χ0n) is 12.4. The van der Waals surface area contributed by atoms with Gasteiger partial charge in [0.05, 0.1) is 11.9 Å². The molecule has 0 atom stereocenters. The van der Waals surface area contributed by atoms with E-state index in [4.69, 9.17) is 0 Å². The second kappa shape index (κ2) is 6.34. The number of carbonyl (C=O) groups is 1. The molecule has 0 aliphatic carbocycles. The van der Waals surface area contributed by atoms with Crippen molar-refractivity contribution in [2.24, 2.45) is 0 Å². The smallest absolute Gasteiger partial charge is 0.337 e. The molecule has 2 aromatic heterocycles. The first kappa shape index (κ1) is 16.0. The first-order valence-electron chi connectivity index (χ1n) is 7.13. The van der Waals surface area contributed by atoms with Crippen LogP contribution in [0.4, 0.5) is 29.6 Å². The van der Waals surface area contributed by atoms with Gasteiger partial charge in [-0.25, -0.2) is 14.8 Å². The predicted molar refractivity (Wildman–Crippen MR) is 78.4 cm³/mol. The van der Waals surface area contributed by atoms with E-state index in [0.717, 1.165) is 12.3 Å². The van der Waals surface area contributed by atoms with Crippen LogP contribution in [0.5, 0.6) is 0 Å². The van der Waals surface area contributed by atoms with Crippen molar-refractivity contribution in [1.29, 1.82) is 0 Å². The standard InChI is InChI=1S/C13H14F3N7O/c14-13(15,16)10-1-2-17-11(21-10)22-3-5-23(6-4-22)12(24)20-9-7-18-19-8-9/h1-2,7-8H,3-6H2,(H,18,19)(H,20,24). The second-order valence-electron chi connectivity index (χ2n) is 5.13. The van der Waals surface area contributed by atoms with Crippen LogP contribution in [0.25, 0.3) is 0 Å². The van der Waals surface area contributed by atoms with E-state index in [9.17, 15) is 18.0 Å². The van der Waals surface area contributed by atoms with Crippen molar-refractivity contribution in [3.63, 3.8) is 0 Å². The number of anilines is 2. The summed E-state index contributed by atoms with van der Waals surface area (Å²) in [5.41, 5.74) is -0.434. The first-order chi connectivity index (χ1) is 11.4. The van der Waals surface area contributed by atoms with E-state index < -0.39 is 11.9 Å². The van der Waals surface area contributed by atoms with Crippen LogP contribution in [-0.2, 0) is 6.18 Å². The molecule has 0 bridgehead atoms. The number of alkyl halides is 3. The molecule has 0 saturated carbocycles. The number of nitrogens with one attached hydrogen (secondary N) is 2. The molecule has 0 aromatic carbocycles. The number of halogens is 3. The van der Waals surface area contributed by atoms with E-state index in [-0.39, 0.29) is 12.0 Å². The highest BCUT2D eigenvalue weighted by molar-refractivity contribution is 5.89. The minimum absolute atomic E-state index is 0.0136. The summed E-state index contributed by atoms with van der Waals surface area (Å²) in [6, 6.07) is 0.541. The fourth-order valence-electron chi connectivity index (χ4n) is 2.29. The van der Waals surface area contributed by atoms with Gasteiger partial charge in [0.1, 0.15) is 5.69 Å². The fraction of sp³-hybridized carbons (Fsp3) is 0.385. The van der Waals surface area contributed by atoms with Gasteiger partial charge in [-0.15, -0.1) is 0 Å². The largest absolute Gasteiger partial charge is 0.433 e. The monoisotopic (exact) mass is 341 g/mol. The van der Waals surface area contributed by atoms with Crippen LogP contribution in [0.3, 0.4) is 0 Å². The van der Waals surface area contributed by atoms with Crippen molar-refractivity contribution in [3.8, 4) is 0 Å². The summed E-state index contributed by atoms with van der Waals surface area (Å²) in [5.74, 6) is 0.0136. The molecule has 1 saturated heterocycles. The number of H-pyrrole nitrogens is 1. The predicted octanol–water partition coefficient (Wildman–Crippen LogP) is 1.57. The normalized spacial score (nSPS) is 15.5. The average Bonchev–Trinajstić information content (AvgIpc) is 3.07. The van der Waals surface area contributed by atoms with Crippen LogP contribution in [-0.4, -0.2) is 57.3 Å². The molecular formula is C13H14F3N7O. The van der Waals surface area contributed by atoms with Gasteiger partial charge in [-0.05, 0) is 6.07 Å². The minimum atomic E-state index is -4.51. The lowest BCUT2D eigenvalue weighted by atomic mass is 10.3.